The number of phenolic OH excluding ortho intramolecular Hbond substituents is 2. The fourth-order valence-corrected chi connectivity index (χ4v) is 3.08. The third kappa shape index (κ3) is 3.14. The van der Waals surface area contributed by atoms with Crippen LogP contribution in [0.1, 0.15) is 28.7 Å². The Morgan fingerprint density at radius 3 is 2.60 bits per heavy atom. The summed E-state index contributed by atoms with van der Waals surface area (Å²) in [5.41, 5.74) is 2.12. The van der Waals surface area contributed by atoms with Crippen LogP contribution < -0.4 is 9.47 Å². The molecule has 0 fully saturated rings. The quantitative estimate of drug-likeness (QED) is 0.664. The van der Waals surface area contributed by atoms with Crippen molar-refractivity contribution in [2.45, 2.75) is 12.0 Å². The van der Waals surface area contributed by atoms with Crippen LogP contribution in [-0.2, 0) is 0 Å². The van der Waals surface area contributed by atoms with Crippen molar-refractivity contribution in [3.8, 4) is 23.0 Å². The highest BCUT2D eigenvalue weighted by Gasteiger charge is 2.37. The number of ether oxygens (including phenoxy) is 2. The van der Waals surface area contributed by atoms with E-state index in [4.69, 9.17) is 14.6 Å². The van der Waals surface area contributed by atoms with Crippen molar-refractivity contribution in [3.63, 3.8) is 0 Å². The molecule has 1 heterocycles. The van der Waals surface area contributed by atoms with Crippen molar-refractivity contribution >= 4 is 6.08 Å². The molecule has 132 valence electrons. The first-order valence-electron chi connectivity index (χ1n) is 7.87. The summed E-state index contributed by atoms with van der Waals surface area (Å²) in [6.07, 6.45) is 2.73. The molecule has 2 aromatic rings. The number of fused-ring (bicyclic) bond motifs is 1. The second-order valence-corrected chi connectivity index (χ2v) is 5.80. The van der Waals surface area contributed by atoms with Crippen molar-refractivity contribution in [3.05, 3.63) is 53.1 Å². The number of aromatic hydroxyl groups is 2. The van der Waals surface area contributed by atoms with Crippen molar-refractivity contribution < 1.29 is 29.9 Å². The summed E-state index contributed by atoms with van der Waals surface area (Å²) < 4.78 is 11.0. The van der Waals surface area contributed by atoms with Crippen LogP contribution in [0.2, 0.25) is 0 Å². The fourth-order valence-electron chi connectivity index (χ4n) is 3.08. The van der Waals surface area contributed by atoms with E-state index in [9.17, 15) is 15.3 Å². The lowest BCUT2D eigenvalue weighted by molar-refractivity contribution is 0.157. The molecular weight excluding hydrogens is 324 g/mol. The van der Waals surface area contributed by atoms with Gasteiger partial charge in [0.1, 0.15) is 6.10 Å². The predicted molar refractivity (Wildman–Crippen MR) is 92.1 cm³/mol. The van der Waals surface area contributed by atoms with Gasteiger partial charge in [-0.2, -0.15) is 0 Å². The summed E-state index contributed by atoms with van der Waals surface area (Å²) in [6, 6.07) is 8.21. The van der Waals surface area contributed by atoms with Gasteiger partial charge in [-0.05, 0) is 35.4 Å². The van der Waals surface area contributed by atoms with Crippen LogP contribution in [0.15, 0.2) is 36.4 Å². The number of methoxy groups -OCH3 is 1. The number of benzene rings is 2. The standard InChI is InChI=1S/C19H20O6/c1-24-17-9-12(4-5-15(17)22)18-14(10-21)13-7-11(3-2-6-20)8-16(23)19(13)25-18/h2-5,7-9,14,18,20-23H,6,10H2,1H3. The van der Waals surface area contributed by atoms with Crippen molar-refractivity contribution in [2.24, 2.45) is 0 Å². The molecule has 3 rings (SSSR count). The van der Waals surface area contributed by atoms with Gasteiger partial charge in [0, 0.05) is 5.56 Å². The molecule has 0 aliphatic carbocycles. The van der Waals surface area contributed by atoms with Crippen LogP contribution >= 0.6 is 0 Å². The Kier molecular flexibility index (Phi) is 4.83. The summed E-state index contributed by atoms with van der Waals surface area (Å²) in [7, 11) is 1.46. The fraction of sp³-hybridized carbons (Fsp3) is 0.263. The van der Waals surface area contributed by atoms with Crippen LogP contribution in [0.5, 0.6) is 23.0 Å². The summed E-state index contributed by atoms with van der Waals surface area (Å²) >= 11 is 0. The molecular formula is C19H20O6. The lowest BCUT2D eigenvalue weighted by atomic mass is 9.90. The minimum atomic E-state index is -0.516. The molecule has 0 amide bonds. The van der Waals surface area contributed by atoms with Crippen LogP contribution in [0.4, 0.5) is 0 Å². The lowest BCUT2D eigenvalue weighted by Crippen LogP contribution is -2.13. The van der Waals surface area contributed by atoms with Crippen molar-refractivity contribution in [2.75, 3.05) is 20.3 Å². The van der Waals surface area contributed by atoms with Gasteiger partial charge in [-0.1, -0.05) is 18.2 Å². The average molecular weight is 344 g/mol. The van der Waals surface area contributed by atoms with Gasteiger partial charge in [-0.15, -0.1) is 0 Å². The van der Waals surface area contributed by atoms with Gasteiger partial charge in [0.2, 0.25) is 0 Å². The Morgan fingerprint density at radius 2 is 1.92 bits per heavy atom. The third-order valence-corrected chi connectivity index (χ3v) is 4.27. The van der Waals surface area contributed by atoms with Gasteiger partial charge in [0.05, 0.1) is 26.2 Å². The zero-order chi connectivity index (χ0) is 18.0. The topological polar surface area (TPSA) is 99.4 Å². The summed E-state index contributed by atoms with van der Waals surface area (Å²) in [6.45, 7) is -0.277. The average Bonchev–Trinajstić information content (AvgIpc) is 2.99. The molecule has 2 atom stereocenters. The highest BCUT2D eigenvalue weighted by molar-refractivity contribution is 5.62. The van der Waals surface area contributed by atoms with Gasteiger partial charge in [0.25, 0.3) is 0 Å². The van der Waals surface area contributed by atoms with E-state index in [0.717, 1.165) is 5.56 Å². The van der Waals surface area contributed by atoms with Gasteiger partial charge >= 0.3 is 0 Å². The van der Waals surface area contributed by atoms with Crippen molar-refractivity contribution in [1.29, 1.82) is 0 Å². The SMILES string of the molecule is COc1cc(C2Oc3c(O)cc(C=CCO)cc3C2CO)ccc1O. The molecule has 6 heteroatoms. The summed E-state index contributed by atoms with van der Waals surface area (Å²) in [5.74, 6) is 0.253. The van der Waals surface area contributed by atoms with E-state index >= 15 is 0 Å². The Balaban J connectivity index is 2.01. The summed E-state index contributed by atoms with van der Waals surface area (Å²) in [5, 5.41) is 38.8. The molecule has 25 heavy (non-hydrogen) atoms. The van der Waals surface area contributed by atoms with Crippen LogP contribution in [-0.4, -0.2) is 40.7 Å². The van der Waals surface area contributed by atoms with Crippen LogP contribution in [0.3, 0.4) is 0 Å². The Hall–Kier alpha value is -2.70. The molecule has 2 aromatic carbocycles. The molecule has 0 saturated heterocycles. The predicted octanol–water partition coefficient (Wildman–Crippen LogP) is 2.32. The molecule has 2 unspecified atom stereocenters. The first-order chi connectivity index (χ1) is 12.1. The van der Waals surface area contributed by atoms with E-state index in [1.165, 1.54) is 13.2 Å². The first-order valence-corrected chi connectivity index (χ1v) is 7.87. The Bertz CT molecular complexity index is 799. The minimum Gasteiger partial charge on any atom is -0.504 e. The van der Waals surface area contributed by atoms with Crippen LogP contribution in [0.25, 0.3) is 6.08 Å². The molecule has 0 spiro atoms. The van der Waals surface area contributed by atoms with E-state index in [-0.39, 0.29) is 30.6 Å². The van der Waals surface area contributed by atoms with Crippen molar-refractivity contribution in [1.82, 2.24) is 0 Å². The lowest BCUT2D eigenvalue weighted by Gasteiger charge is -2.18. The Labute approximate surface area is 145 Å². The third-order valence-electron chi connectivity index (χ3n) is 4.27. The van der Waals surface area contributed by atoms with E-state index in [2.05, 4.69) is 0 Å². The zero-order valence-electron chi connectivity index (χ0n) is 13.7. The number of rotatable bonds is 5. The number of aliphatic hydroxyl groups is 2. The zero-order valence-corrected chi connectivity index (χ0v) is 13.7. The number of hydrogen-bond acceptors (Lipinski definition) is 6. The number of phenols is 2. The minimum absolute atomic E-state index is 0.0154. The second kappa shape index (κ2) is 7.04. The summed E-state index contributed by atoms with van der Waals surface area (Å²) in [4.78, 5) is 0. The van der Waals surface area contributed by atoms with Gasteiger partial charge in [-0.25, -0.2) is 0 Å². The first kappa shape index (κ1) is 17.1. The van der Waals surface area contributed by atoms with Crippen LogP contribution in [0, 0.1) is 0 Å². The number of hydrogen-bond donors (Lipinski definition) is 4. The maximum atomic E-state index is 10.3. The van der Waals surface area contributed by atoms with Gasteiger partial charge in [0.15, 0.2) is 23.0 Å². The second-order valence-electron chi connectivity index (χ2n) is 5.80. The van der Waals surface area contributed by atoms with E-state index in [1.54, 1.807) is 30.4 Å². The van der Waals surface area contributed by atoms with Gasteiger partial charge in [-0.3, -0.25) is 0 Å². The van der Waals surface area contributed by atoms with E-state index < -0.39 is 6.10 Å². The molecule has 0 bridgehead atoms. The molecule has 0 aromatic heterocycles. The van der Waals surface area contributed by atoms with E-state index in [1.807, 2.05) is 6.07 Å². The Morgan fingerprint density at radius 1 is 1.12 bits per heavy atom. The molecule has 1 aliphatic rings. The molecule has 0 saturated carbocycles. The maximum absolute atomic E-state index is 10.3. The molecule has 6 nitrogen and oxygen atoms in total. The molecule has 4 N–H and O–H groups in total. The van der Waals surface area contributed by atoms with Gasteiger partial charge < -0.3 is 29.9 Å². The normalized spacial score (nSPS) is 19.0. The molecule has 1 aliphatic heterocycles. The maximum Gasteiger partial charge on any atom is 0.165 e. The molecule has 0 radical (unpaired) electrons. The largest absolute Gasteiger partial charge is 0.504 e. The van der Waals surface area contributed by atoms with E-state index in [0.29, 0.717) is 22.6 Å². The smallest absolute Gasteiger partial charge is 0.165 e. The monoisotopic (exact) mass is 344 g/mol. The highest BCUT2D eigenvalue weighted by Crippen LogP contribution is 2.51. The highest BCUT2D eigenvalue weighted by atomic mass is 16.5. The number of aliphatic hydroxyl groups excluding tert-OH is 2.